The molecule has 4 rings (SSSR count). The Morgan fingerprint density at radius 2 is 2.15 bits per heavy atom. The molecule has 7 heteroatoms. The minimum Gasteiger partial charge on any atom is -0.363 e. The van der Waals surface area contributed by atoms with Gasteiger partial charge in [0.2, 0.25) is 0 Å². The van der Waals surface area contributed by atoms with Crippen LogP contribution in [0.3, 0.4) is 0 Å². The predicted molar refractivity (Wildman–Crippen MR) is 101 cm³/mol. The first-order valence-corrected chi connectivity index (χ1v) is 8.65. The Morgan fingerprint density at radius 1 is 1.31 bits per heavy atom. The zero-order valence-electron chi connectivity index (χ0n) is 14.2. The van der Waals surface area contributed by atoms with Gasteiger partial charge in [0.15, 0.2) is 0 Å². The summed E-state index contributed by atoms with van der Waals surface area (Å²) in [4.78, 5) is 11.7. The molecule has 0 spiro atoms. The van der Waals surface area contributed by atoms with E-state index in [-0.39, 0.29) is 12.0 Å². The van der Waals surface area contributed by atoms with Gasteiger partial charge in [-0.15, -0.1) is 0 Å². The number of nitrogens with zero attached hydrogens (tertiary/aromatic N) is 2. The van der Waals surface area contributed by atoms with Crippen LogP contribution in [0.15, 0.2) is 59.4 Å². The van der Waals surface area contributed by atoms with Crippen molar-refractivity contribution < 1.29 is 9.23 Å². The van der Waals surface area contributed by atoms with Gasteiger partial charge in [-0.3, -0.25) is 15.3 Å². The van der Waals surface area contributed by atoms with Gasteiger partial charge >= 0.3 is 0 Å². The van der Waals surface area contributed by atoms with E-state index in [1.165, 1.54) is 6.07 Å². The lowest BCUT2D eigenvalue weighted by atomic mass is 10.00. The van der Waals surface area contributed by atoms with Gasteiger partial charge in [0.25, 0.3) is 0 Å². The molecular weight excluding hydrogens is 355 g/mol. The molecule has 2 aliphatic heterocycles. The third-order valence-electron chi connectivity index (χ3n) is 4.43. The lowest BCUT2D eigenvalue weighted by Gasteiger charge is -2.19. The average Bonchev–Trinajstić information content (AvgIpc) is 3.42. The number of hydrogen-bond donors (Lipinski definition) is 2. The Labute approximate surface area is 156 Å². The molecule has 0 aliphatic carbocycles. The van der Waals surface area contributed by atoms with E-state index in [1.807, 2.05) is 30.5 Å². The molecule has 1 unspecified atom stereocenters. The first kappa shape index (κ1) is 16.9. The maximum Gasteiger partial charge on any atom is 0.132 e. The third-order valence-corrected chi connectivity index (χ3v) is 4.66. The van der Waals surface area contributed by atoms with Crippen molar-refractivity contribution in [2.24, 2.45) is 4.99 Å². The van der Waals surface area contributed by atoms with E-state index in [1.54, 1.807) is 19.2 Å². The molecule has 1 saturated heterocycles. The standard InChI is InChI=1S/C19H18ClFN4O/c1-26-23-9-13-11-25(13)18-10-22-19(14-4-2-3-5-16(14)21)15-8-12(20)6-7-17(15)24-18/h2-9,18,23-24H,10-11H2,1H3. The van der Waals surface area contributed by atoms with Crippen LogP contribution in [0, 0.1) is 5.82 Å². The fraction of sp³-hybridized carbons (Fsp3) is 0.211. The summed E-state index contributed by atoms with van der Waals surface area (Å²) in [6, 6.07) is 12.2. The first-order chi connectivity index (χ1) is 12.7. The zero-order chi connectivity index (χ0) is 18.1. The average molecular weight is 373 g/mol. The highest BCUT2D eigenvalue weighted by atomic mass is 35.5. The zero-order valence-corrected chi connectivity index (χ0v) is 14.9. The lowest BCUT2D eigenvalue weighted by molar-refractivity contribution is 0.127. The van der Waals surface area contributed by atoms with Crippen molar-refractivity contribution in [1.29, 1.82) is 0 Å². The summed E-state index contributed by atoms with van der Waals surface area (Å²) in [5, 5.41) is 4.08. The highest BCUT2D eigenvalue weighted by molar-refractivity contribution is 6.31. The monoisotopic (exact) mass is 372 g/mol. The molecular formula is C19H18ClFN4O. The second-order valence-corrected chi connectivity index (χ2v) is 6.54. The molecule has 2 aliphatic rings. The molecule has 5 nitrogen and oxygen atoms in total. The molecule has 1 fully saturated rings. The van der Waals surface area contributed by atoms with Gasteiger partial charge < -0.3 is 10.2 Å². The van der Waals surface area contributed by atoms with Crippen molar-refractivity contribution in [3.8, 4) is 0 Å². The van der Waals surface area contributed by atoms with Crippen molar-refractivity contribution in [2.45, 2.75) is 6.17 Å². The number of rotatable bonds is 4. The summed E-state index contributed by atoms with van der Waals surface area (Å²) in [5.41, 5.74) is 6.61. The van der Waals surface area contributed by atoms with E-state index in [4.69, 9.17) is 21.4 Å². The van der Waals surface area contributed by atoms with E-state index in [0.717, 1.165) is 23.5 Å². The molecule has 1 atom stereocenters. The van der Waals surface area contributed by atoms with Crippen LogP contribution in [-0.2, 0) is 4.84 Å². The van der Waals surface area contributed by atoms with Crippen molar-refractivity contribution in [3.05, 3.63) is 76.3 Å². The van der Waals surface area contributed by atoms with E-state index in [9.17, 15) is 4.39 Å². The summed E-state index contributed by atoms with van der Waals surface area (Å²) in [6.45, 7) is 1.31. The fourth-order valence-corrected chi connectivity index (χ4v) is 3.26. The molecule has 2 N–H and O–H groups in total. The largest absolute Gasteiger partial charge is 0.363 e. The molecule has 2 aromatic carbocycles. The maximum atomic E-state index is 14.4. The summed E-state index contributed by atoms with van der Waals surface area (Å²) in [5.74, 6) is -0.299. The number of nitrogens with one attached hydrogen (secondary N) is 2. The van der Waals surface area contributed by atoms with Crippen LogP contribution >= 0.6 is 11.6 Å². The molecule has 2 aromatic rings. The number of benzene rings is 2. The molecule has 0 saturated carbocycles. The van der Waals surface area contributed by atoms with Gasteiger partial charge in [-0.1, -0.05) is 23.7 Å². The van der Waals surface area contributed by atoms with Gasteiger partial charge in [-0.25, -0.2) is 4.39 Å². The lowest BCUT2D eigenvalue weighted by Crippen LogP contribution is -2.30. The van der Waals surface area contributed by atoms with Crippen LogP contribution in [0.2, 0.25) is 5.02 Å². The maximum absolute atomic E-state index is 14.4. The van der Waals surface area contributed by atoms with Crippen molar-refractivity contribution in [2.75, 3.05) is 25.5 Å². The summed E-state index contributed by atoms with van der Waals surface area (Å²) in [7, 11) is 1.57. The number of benzodiazepines with no additional fused rings is 1. The van der Waals surface area contributed by atoms with Crippen molar-refractivity contribution in [3.63, 3.8) is 0 Å². The Hall–Kier alpha value is -2.57. The molecule has 0 aromatic heterocycles. The van der Waals surface area contributed by atoms with Gasteiger partial charge in [-0.05, 0) is 30.3 Å². The van der Waals surface area contributed by atoms with Crippen LogP contribution in [0.5, 0.6) is 0 Å². The highest BCUT2D eigenvalue weighted by Crippen LogP contribution is 2.32. The van der Waals surface area contributed by atoms with Gasteiger partial charge in [0.05, 0.1) is 31.6 Å². The van der Waals surface area contributed by atoms with E-state index < -0.39 is 0 Å². The number of hydroxylamine groups is 1. The Morgan fingerprint density at radius 3 is 2.96 bits per heavy atom. The normalized spacial score (nSPS) is 20.1. The minimum absolute atomic E-state index is 0.0240. The van der Waals surface area contributed by atoms with Crippen LogP contribution in [-0.4, -0.2) is 37.0 Å². The molecule has 0 amide bonds. The Bertz CT molecular complexity index is 899. The third kappa shape index (κ3) is 3.25. The smallest absolute Gasteiger partial charge is 0.132 e. The Balaban J connectivity index is 1.72. The van der Waals surface area contributed by atoms with E-state index in [0.29, 0.717) is 22.8 Å². The summed E-state index contributed by atoms with van der Waals surface area (Å²) < 4.78 is 14.4. The van der Waals surface area contributed by atoms with Crippen molar-refractivity contribution in [1.82, 2.24) is 10.4 Å². The van der Waals surface area contributed by atoms with Crippen LogP contribution < -0.4 is 10.8 Å². The number of halogens is 2. The molecule has 134 valence electrons. The number of anilines is 1. The van der Waals surface area contributed by atoms with Crippen LogP contribution in [0.1, 0.15) is 11.1 Å². The van der Waals surface area contributed by atoms with Gasteiger partial charge in [0, 0.05) is 28.0 Å². The van der Waals surface area contributed by atoms with Crippen LogP contribution in [0.25, 0.3) is 0 Å². The van der Waals surface area contributed by atoms with Crippen LogP contribution in [0.4, 0.5) is 10.1 Å². The number of fused-ring (bicyclic) bond motifs is 1. The van der Waals surface area contributed by atoms with E-state index in [2.05, 4.69) is 15.7 Å². The summed E-state index contributed by atoms with van der Waals surface area (Å²) >= 11 is 6.20. The topological polar surface area (TPSA) is 48.7 Å². The predicted octanol–water partition coefficient (Wildman–Crippen LogP) is 3.38. The second kappa shape index (κ2) is 6.97. The SMILES string of the molecule is CONC=C1CN1C1CN=C(c2ccccc2F)c2cc(Cl)ccc2N1. The first-order valence-electron chi connectivity index (χ1n) is 8.27. The quantitative estimate of drug-likeness (QED) is 0.638. The van der Waals surface area contributed by atoms with E-state index >= 15 is 0 Å². The summed E-state index contributed by atoms with van der Waals surface area (Å²) in [6.07, 6.45) is 1.79. The molecule has 0 radical (unpaired) electrons. The Kier molecular flexibility index (Phi) is 4.53. The van der Waals surface area contributed by atoms with Gasteiger partial charge in [0.1, 0.15) is 12.0 Å². The molecule has 2 heterocycles. The highest BCUT2D eigenvalue weighted by Gasteiger charge is 2.34. The minimum atomic E-state index is -0.299. The van der Waals surface area contributed by atoms with Crippen molar-refractivity contribution >= 4 is 23.0 Å². The number of hydrogen-bond acceptors (Lipinski definition) is 5. The fourth-order valence-electron chi connectivity index (χ4n) is 3.09. The number of aliphatic imine (C=N–C) groups is 1. The van der Waals surface area contributed by atoms with Gasteiger partial charge in [-0.2, -0.15) is 0 Å². The second-order valence-electron chi connectivity index (χ2n) is 6.10. The molecule has 0 bridgehead atoms. The molecule has 26 heavy (non-hydrogen) atoms.